The van der Waals surface area contributed by atoms with Gasteiger partial charge in [0, 0.05) is 18.8 Å². The van der Waals surface area contributed by atoms with Crippen LogP contribution < -0.4 is 5.32 Å². The van der Waals surface area contributed by atoms with E-state index < -0.39 is 5.97 Å². The van der Waals surface area contributed by atoms with Crippen molar-refractivity contribution >= 4 is 23.3 Å². The zero-order valence-electron chi connectivity index (χ0n) is 15.6. The minimum absolute atomic E-state index is 0.0239. The van der Waals surface area contributed by atoms with Crippen LogP contribution in [0, 0.1) is 0 Å². The fourth-order valence-corrected chi connectivity index (χ4v) is 3.12. The van der Waals surface area contributed by atoms with Gasteiger partial charge in [0.05, 0.1) is 23.5 Å². The number of carbonyl (C=O) groups is 2. The van der Waals surface area contributed by atoms with E-state index in [0.717, 1.165) is 5.69 Å². The van der Waals surface area contributed by atoms with Gasteiger partial charge in [0.2, 0.25) is 0 Å². The molecule has 142 valence electrons. The van der Waals surface area contributed by atoms with Crippen molar-refractivity contribution in [3.63, 3.8) is 0 Å². The predicted molar refractivity (Wildman–Crippen MR) is 103 cm³/mol. The second kappa shape index (κ2) is 8.68. The number of esters is 1. The molecule has 1 heterocycles. The maximum atomic E-state index is 12.5. The number of morpholine rings is 1. The number of hydrogen-bond donors (Lipinski definition) is 1. The second-order valence-corrected chi connectivity index (χ2v) is 6.67. The van der Waals surface area contributed by atoms with Crippen molar-refractivity contribution in [2.45, 2.75) is 26.1 Å². The normalized spacial score (nSPS) is 19.4. The highest BCUT2D eigenvalue weighted by atomic mass is 16.5. The smallest absolute Gasteiger partial charge is 0.340 e. The van der Waals surface area contributed by atoms with Gasteiger partial charge in [-0.25, -0.2) is 4.79 Å². The monoisotopic (exact) mass is 368 g/mol. The number of benzene rings is 2. The number of rotatable bonds is 5. The predicted octanol–water partition coefficient (Wildman–Crippen LogP) is 3.22. The zero-order chi connectivity index (χ0) is 19.2. The molecule has 2 atom stereocenters. The largest absolute Gasteiger partial charge is 0.452 e. The summed E-state index contributed by atoms with van der Waals surface area (Å²) in [5.74, 6) is -0.740. The van der Waals surface area contributed by atoms with E-state index in [9.17, 15) is 9.59 Å². The Balaban J connectivity index is 1.62. The number of nitrogens with one attached hydrogen (secondary N) is 1. The molecule has 0 spiro atoms. The van der Waals surface area contributed by atoms with E-state index in [4.69, 9.17) is 9.47 Å². The summed E-state index contributed by atoms with van der Waals surface area (Å²) in [7, 11) is 0. The summed E-state index contributed by atoms with van der Waals surface area (Å²) in [6.07, 6.45) is -0.0478. The zero-order valence-corrected chi connectivity index (χ0v) is 15.6. The molecule has 1 aliphatic rings. The number of anilines is 2. The lowest BCUT2D eigenvalue weighted by atomic mass is 10.1. The SMILES string of the molecule is C[C@H]1CN(C(=O)COC(=O)c2ccccc2Nc2ccccc2)C[C@H](C)O1. The molecule has 2 aromatic carbocycles. The minimum atomic E-state index is -0.531. The third kappa shape index (κ3) is 5.08. The van der Waals surface area contributed by atoms with Gasteiger partial charge in [-0.1, -0.05) is 30.3 Å². The van der Waals surface area contributed by atoms with Crippen molar-refractivity contribution in [1.82, 2.24) is 4.90 Å². The van der Waals surface area contributed by atoms with Crippen LogP contribution >= 0.6 is 0 Å². The van der Waals surface area contributed by atoms with Gasteiger partial charge < -0.3 is 19.7 Å². The van der Waals surface area contributed by atoms with E-state index in [1.165, 1.54) is 0 Å². The standard InChI is InChI=1S/C21H24N2O4/c1-15-12-23(13-16(2)27-15)20(24)14-26-21(25)18-10-6-7-11-19(18)22-17-8-4-3-5-9-17/h3-11,15-16,22H,12-14H2,1-2H3/t15-,16-/m0/s1. The van der Waals surface area contributed by atoms with Crippen LogP contribution in [0.1, 0.15) is 24.2 Å². The Bertz CT molecular complexity index is 784. The molecule has 0 bridgehead atoms. The van der Waals surface area contributed by atoms with Crippen molar-refractivity contribution in [2.24, 2.45) is 0 Å². The number of carbonyl (C=O) groups excluding carboxylic acids is 2. The van der Waals surface area contributed by atoms with Crippen LogP contribution in [-0.2, 0) is 14.3 Å². The van der Waals surface area contributed by atoms with E-state index in [0.29, 0.717) is 24.3 Å². The first-order valence-electron chi connectivity index (χ1n) is 9.04. The summed E-state index contributed by atoms with van der Waals surface area (Å²) >= 11 is 0. The highest BCUT2D eigenvalue weighted by molar-refractivity contribution is 5.97. The molecule has 6 heteroatoms. The molecule has 1 saturated heterocycles. The second-order valence-electron chi connectivity index (χ2n) is 6.67. The molecule has 0 radical (unpaired) electrons. The van der Waals surface area contributed by atoms with Crippen LogP contribution in [0.5, 0.6) is 0 Å². The third-order valence-corrected chi connectivity index (χ3v) is 4.30. The van der Waals surface area contributed by atoms with Gasteiger partial charge in [0.15, 0.2) is 6.61 Å². The molecule has 0 aliphatic carbocycles. The molecule has 3 rings (SSSR count). The van der Waals surface area contributed by atoms with Crippen LogP contribution in [0.2, 0.25) is 0 Å². The van der Waals surface area contributed by atoms with Crippen LogP contribution in [0.4, 0.5) is 11.4 Å². The van der Waals surface area contributed by atoms with Gasteiger partial charge in [-0.2, -0.15) is 0 Å². The number of amides is 1. The Morgan fingerprint density at radius 1 is 1.04 bits per heavy atom. The third-order valence-electron chi connectivity index (χ3n) is 4.30. The lowest BCUT2D eigenvalue weighted by Gasteiger charge is -2.35. The molecule has 0 unspecified atom stereocenters. The van der Waals surface area contributed by atoms with Gasteiger partial charge in [0.25, 0.3) is 5.91 Å². The number of hydrogen-bond acceptors (Lipinski definition) is 5. The van der Waals surface area contributed by atoms with Crippen LogP contribution in [0.15, 0.2) is 54.6 Å². The van der Waals surface area contributed by atoms with Gasteiger partial charge in [-0.05, 0) is 38.1 Å². The Kier molecular flexibility index (Phi) is 6.08. The molecular weight excluding hydrogens is 344 g/mol. The van der Waals surface area contributed by atoms with Crippen LogP contribution in [0.3, 0.4) is 0 Å². The molecule has 1 aliphatic heterocycles. The van der Waals surface area contributed by atoms with Crippen LogP contribution in [0.25, 0.3) is 0 Å². The first-order chi connectivity index (χ1) is 13.0. The summed E-state index contributed by atoms with van der Waals surface area (Å²) in [6.45, 7) is 4.58. The van der Waals surface area contributed by atoms with Crippen molar-refractivity contribution in [3.8, 4) is 0 Å². The molecular formula is C21H24N2O4. The molecule has 1 fully saturated rings. The Morgan fingerprint density at radius 3 is 2.37 bits per heavy atom. The lowest BCUT2D eigenvalue weighted by molar-refractivity contribution is -0.146. The van der Waals surface area contributed by atoms with E-state index in [2.05, 4.69) is 5.32 Å². The average molecular weight is 368 g/mol. The number of para-hydroxylation sites is 2. The highest BCUT2D eigenvalue weighted by Gasteiger charge is 2.26. The number of nitrogens with zero attached hydrogens (tertiary/aromatic N) is 1. The first-order valence-corrected chi connectivity index (χ1v) is 9.04. The van der Waals surface area contributed by atoms with E-state index in [-0.39, 0.29) is 24.7 Å². The highest BCUT2D eigenvalue weighted by Crippen LogP contribution is 2.21. The maximum absolute atomic E-state index is 12.5. The summed E-state index contributed by atoms with van der Waals surface area (Å²) in [5, 5.41) is 3.20. The lowest BCUT2D eigenvalue weighted by Crippen LogP contribution is -2.49. The van der Waals surface area contributed by atoms with Crippen molar-refractivity contribution in [3.05, 3.63) is 60.2 Å². The van der Waals surface area contributed by atoms with Gasteiger partial charge in [-0.15, -0.1) is 0 Å². The van der Waals surface area contributed by atoms with E-state index in [1.807, 2.05) is 50.2 Å². The maximum Gasteiger partial charge on any atom is 0.340 e. The van der Waals surface area contributed by atoms with Crippen molar-refractivity contribution in [2.75, 3.05) is 25.0 Å². The van der Waals surface area contributed by atoms with E-state index >= 15 is 0 Å². The Morgan fingerprint density at radius 2 is 1.67 bits per heavy atom. The minimum Gasteiger partial charge on any atom is -0.452 e. The Hall–Kier alpha value is -2.86. The van der Waals surface area contributed by atoms with Gasteiger partial charge in [-0.3, -0.25) is 4.79 Å². The van der Waals surface area contributed by atoms with E-state index in [1.54, 1.807) is 23.1 Å². The molecule has 0 saturated carbocycles. The fraction of sp³-hybridized carbons (Fsp3) is 0.333. The molecule has 2 aromatic rings. The molecule has 27 heavy (non-hydrogen) atoms. The summed E-state index contributed by atoms with van der Waals surface area (Å²) in [6, 6.07) is 16.6. The first kappa shape index (κ1) is 18.9. The molecule has 6 nitrogen and oxygen atoms in total. The fourth-order valence-electron chi connectivity index (χ4n) is 3.12. The Labute approximate surface area is 159 Å². The topological polar surface area (TPSA) is 67.9 Å². The molecule has 1 N–H and O–H groups in total. The molecule has 0 aromatic heterocycles. The summed E-state index contributed by atoms with van der Waals surface area (Å²) < 4.78 is 10.9. The number of ether oxygens (including phenoxy) is 2. The van der Waals surface area contributed by atoms with Crippen LogP contribution in [-0.4, -0.2) is 48.7 Å². The van der Waals surface area contributed by atoms with Gasteiger partial charge >= 0.3 is 5.97 Å². The van der Waals surface area contributed by atoms with Gasteiger partial charge in [0.1, 0.15) is 0 Å². The quantitative estimate of drug-likeness (QED) is 0.821. The van der Waals surface area contributed by atoms with Crippen molar-refractivity contribution < 1.29 is 19.1 Å². The van der Waals surface area contributed by atoms with Crippen molar-refractivity contribution in [1.29, 1.82) is 0 Å². The summed E-state index contributed by atoms with van der Waals surface area (Å²) in [4.78, 5) is 26.6. The average Bonchev–Trinajstić information content (AvgIpc) is 2.66. The molecule has 1 amide bonds. The summed E-state index contributed by atoms with van der Waals surface area (Å²) in [5.41, 5.74) is 1.89.